The van der Waals surface area contributed by atoms with Crippen molar-refractivity contribution in [3.05, 3.63) is 75.8 Å². The molecule has 0 N–H and O–H groups in total. The topological polar surface area (TPSA) is 42.7 Å². The molecular formula is C28H31Cl2FN4O. The van der Waals surface area contributed by atoms with E-state index in [9.17, 15) is 4.39 Å². The van der Waals surface area contributed by atoms with Gasteiger partial charge in [-0.3, -0.25) is 0 Å². The minimum Gasteiger partial charge on any atom is -0.497 e. The predicted octanol–water partition coefficient (Wildman–Crippen LogP) is 7.22. The molecule has 0 saturated carbocycles. The average molecular weight is 529 g/mol. The Labute approximate surface area is 222 Å². The Morgan fingerprint density at radius 1 is 1.14 bits per heavy atom. The van der Waals surface area contributed by atoms with Crippen molar-refractivity contribution in [2.75, 3.05) is 18.6 Å². The van der Waals surface area contributed by atoms with E-state index in [1.807, 2.05) is 41.8 Å². The highest BCUT2D eigenvalue weighted by Crippen LogP contribution is 2.39. The predicted molar refractivity (Wildman–Crippen MR) is 146 cm³/mol. The summed E-state index contributed by atoms with van der Waals surface area (Å²) in [5.41, 5.74) is 6.95. The third-order valence-electron chi connectivity index (χ3n) is 6.75. The number of aromatic nitrogens is 3. The molecule has 0 aliphatic heterocycles. The number of halogens is 3. The fourth-order valence-corrected chi connectivity index (χ4v) is 5.21. The number of hydrogen-bond donors (Lipinski definition) is 0. The highest BCUT2D eigenvalue weighted by Gasteiger charge is 2.28. The Morgan fingerprint density at radius 3 is 2.64 bits per heavy atom. The number of hydrogen-bond acceptors (Lipinski definition) is 4. The van der Waals surface area contributed by atoms with E-state index in [4.69, 9.17) is 26.4 Å². The molecule has 0 radical (unpaired) electrons. The van der Waals surface area contributed by atoms with Crippen LogP contribution in [0.1, 0.15) is 48.7 Å². The van der Waals surface area contributed by atoms with Gasteiger partial charge in [-0.05, 0) is 68.5 Å². The van der Waals surface area contributed by atoms with Gasteiger partial charge < -0.3 is 9.64 Å². The maximum Gasteiger partial charge on any atom is 0.165 e. The van der Waals surface area contributed by atoms with Crippen LogP contribution >= 0.6 is 24.0 Å². The molecule has 2 aromatic carbocycles. The lowest BCUT2D eigenvalue weighted by Crippen LogP contribution is -2.28. The molecule has 1 aliphatic carbocycles. The van der Waals surface area contributed by atoms with Crippen LogP contribution in [0, 0.1) is 12.7 Å². The molecule has 8 heteroatoms. The molecule has 0 atom stereocenters. The number of aryl methyl sites for hydroxylation is 2. The quantitative estimate of drug-likeness (QED) is 0.242. The zero-order valence-electron chi connectivity index (χ0n) is 20.9. The van der Waals surface area contributed by atoms with Gasteiger partial charge >= 0.3 is 0 Å². The summed E-state index contributed by atoms with van der Waals surface area (Å²) in [4.78, 5) is 7.50. The first-order valence-corrected chi connectivity index (χ1v) is 12.6. The summed E-state index contributed by atoms with van der Waals surface area (Å²) in [6.45, 7) is 5.77. The van der Waals surface area contributed by atoms with Gasteiger partial charge in [-0.25, -0.2) is 9.37 Å². The molecule has 36 heavy (non-hydrogen) atoms. The molecule has 0 fully saturated rings. The second-order valence-corrected chi connectivity index (χ2v) is 9.56. The highest BCUT2D eigenvalue weighted by molar-refractivity contribution is 6.33. The third-order valence-corrected chi connectivity index (χ3v) is 7.08. The Morgan fingerprint density at radius 2 is 1.92 bits per heavy atom. The van der Waals surface area contributed by atoms with Gasteiger partial charge in [0.2, 0.25) is 0 Å². The Hall–Kier alpha value is -2.83. The summed E-state index contributed by atoms with van der Waals surface area (Å²) >= 11 is 6.66. The standard InChI is InChI=1S/C28H30ClFN4O.ClH/c1-4-5-15-33(17-19-9-11-20(30)12-10-19)28-22-7-6-8-25(22)31-27-26(18(2)32-34(27)28)23-16-21(35-3)13-14-24(23)29;/h9-14,16H,4-8,15,17H2,1-3H3;1H. The van der Waals surface area contributed by atoms with Gasteiger partial charge in [0.25, 0.3) is 0 Å². The van der Waals surface area contributed by atoms with Crippen molar-refractivity contribution in [2.45, 2.75) is 52.5 Å². The van der Waals surface area contributed by atoms with Gasteiger partial charge in [0.05, 0.1) is 18.4 Å². The van der Waals surface area contributed by atoms with E-state index in [2.05, 4.69) is 11.8 Å². The van der Waals surface area contributed by atoms with Gasteiger partial charge in [0.1, 0.15) is 17.4 Å². The largest absolute Gasteiger partial charge is 0.497 e. The minimum atomic E-state index is -0.219. The molecule has 5 nitrogen and oxygen atoms in total. The lowest BCUT2D eigenvalue weighted by atomic mass is 10.1. The van der Waals surface area contributed by atoms with Crippen LogP contribution in [0.2, 0.25) is 5.02 Å². The van der Waals surface area contributed by atoms with Gasteiger partial charge in [-0.2, -0.15) is 9.61 Å². The van der Waals surface area contributed by atoms with Crippen molar-refractivity contribution in [1.82, 2.24) is 14.6 Å². The minimum absolute atomic E-state index is 0. The molecule has 2 heterocycles. The summed E-state index contributed by atoms with van der Waals surface area (Å²) in [6, 6.07) is 12.5. The van der Waals surface area contributed by atoms with E-state index in [1.54, 1.807) is 7.11 Å². The zero-order valence-corrected chi connectivity index (χ0v) is 22.4. The normalized spacial score (nSPS) is 12.5. The van der Waals surface area contributed by atoms with E-state index in [-0.39, 0.29) is 18.2 Å². The van der Waals surface area contributed by atoms with Crippen molar-refractivity contribution >= 4 is 35.5 Å². The number of ether oxygens (including phenoxy) is 1. The summed E-state index contributed by atoms with van der Waals surface area (Å²) in [5, 5.41) is 5.64. The SMILES string of the molecule is CCCCN(Cc1ccc(F)cc1)c1c2c(nc3c(-c4cc(OC)ccc4Cl)c(C)nn13)CCC2.Cl. The monoisotopic (exact) mass is 528 g/mol. The van der Waals surface area contributed by atoms with Crippen molar-refractivity contribution in [3.63, 3.8) is 0 Å². The molecule has 5 rings (SSSR count). The van der Waals surface area contributed by atoms with E-state index in [0.29, 0.717) is 11.6 Å². The maximum atomic E-state index is 13.6. The molecular weight excluding hydrogens is 498 g/mol. The van der Waals surface area contributed by atoms with Gasteiger partial charge in [0, 0.05) is 34.9 Å². The number of benzene rings is 2. The number of anilines is 1. The first-order valence-electron chi connectivity index (χ1n) is 12.2. The molecule has 4 aromatic rings. The molecule has 1 aliphatic rings. The summed E-state index contributed by atoms with van der Waals surface area (Å²) < 4.78 is 21.1. The number of unbranched alkanes of at least 4 members (excludes halogenated alkanes) is 1. The van der Waals surface area contributed by atoms with E-state index >= 15 is 0 Å². The van der Waals surface area contributed by atoms with Crippen LogP contribution in [-0.4, -0.2) is 28.3 Å². The van der Waals surface area contributed by atoms with Crippen molar-refractivity contribution in [3.8, 4) is 16.9 Å². The van der Waals surface area contributed by atoms with E-state index < -0.39 is 0 Å². The van der Waals surface area contributed by atoms with Crippen molar-refractivity contribution in [1.29, 1.82) is 0 Å². The number of fused-ring (bicyclic) bond motifs is 2. The maximum absolute atomic E-state index is 13.6. The average Bonchev–Trinajstić information content (AvgIpc) is 3.45. The zero-order chi connectivity index (χ0) is 24.5. The van der Waals surface area contributed by atoms with Crippen LogP contribution in [0.4, 0.5) is 10.2 Å². The van der Waals surface area contributed by atoms with Gasteiger partial charge in [-0.15, -0.1) is 12.4 Å². The van der Waals surface area contributed by atoms with Crippen LogP contribution in [0.3, 0.4) is 0 Å². The molecule has 190 valence electrons. The first kappa shape index (κ1) is 26.2. The van der Waals surface area contributed by atoms with Crippen LogP contribution in [0.15, 0.2) is 42.5 Å². The van der Waals surface area contributed by atoms with Crippen molar-refractivity contribution < 1.29 is 9.13 Å². The smallest absolute Gasteiger partial charge is 0.165 e. The number of nitrogens with zero attached hydrogens (tertiary/aromatic N) is 4. The van der Waals surface area contributed by atoms with Crippen LogP contribution in [0.25, 0.3) is 16.8 Å². The molecule has 0 saturated heterocycles. The van der Waals surface area contributed by atoms with Gasteiger partial charge in [-0.1, -0.05) is 37.1 Å². The van der Waals surface area contributed by atoms with Crippen LogP contribution in [-0.2, 0) is 19.4 Å². The Balaban J connectivity index is 0.00000304. The highest BCUT2D eigenvalue weighted by atomic mass is 35.5. The molecule has 0 spiro atoms. The Bertz CT molecular complexity index is 1370. The van der Waals surface area contributed by atoms with Crippen LogP contribution < -0.4 is 9.64 Å². The molecule has 0 bridgehead atoms. The summed E-state index contributed by atoms with van der Waals surface area (Å²) in [6.07, 6.45) is 5.14. The lowest BCUT2D eigenvalue weighted by molar-refractivity contribution is 0.415. The summed E-state index contributed by atoms with van der Waals surface area (Å²) in [7, 11) is 1.65. The van der Waals surface area contributed by atoms with E-state index in [1.165, 1.54) is 17.7 Å². The Kier molecular flexibility index (Phi) is 8.06. The first-order chi connectivity index (χ1) is 17.0. The second-order valence-electron chi connectivity index (χ2n) is 9.16. The van der Waals surface area contributed by atoms with E-state index in [0.717, 1.165) is 83.9 Å². The molecule has 0 amide bonds. The summed E-state index contributed by atoms with van der Waals surface area (Å²) in [5.74, 6) is 1.61. The molecule has 2 aromatic heterocycles. The third kappa shape index (κ3) is 4.89. The fraction of sp³-hybridized carbons (Fsp3) is 0.357. The number of rotatable bonds is 8. The van der Waals surface area contributed by atoms with Crippen molar-refractivity contribution in [2.24, 2.45) is 0 Å². The lowest BCUT2D eigenvalue weighted by Gasteiger charge is -2.27. The van der Waals surface area contributed by atoms with Gasteiger partial charge in [0.15, 0.2) is 5.65 Å². The second kappa shape index (κ2) is 11.1. The number of methoxy groups -OCH3 is 1. The fourth-order valence-electron chi connectivity index (χ4n) is 5.00. The molecule has 0 unspecified atom stereocenters. The van der Waals surface area contributed by atoms with Crippen LogP contribution in [0.5, 0.6) is 5.75 Å².